The molecular formula is C56H34N4S. The number of aromatic nitrogens is 4. The normalized spacial score (nSPS) is 11.9. The highest BCUT2D eigenvalue weighted by molar-refractivity contribution is 7.25. The van der Waals surface area contributed by atoms with Crippen LogP contribution < -0.4 is 0 Å². The van der Waals surface area contributed by atoms with Gasteiger partial charge in [-0.15, -0.1) is 11.3 Å². The molecule has 0 unspecified atom stereocenters. The molecule has 0 atom stereocenters. The summed E-state index contributed by atoms with van der Waals surface area (Å²) in [7, 11) is 0. The molecule has 0 amide bonds. The average molecular weight is 795 g/mol. The highest BCUT2D eigenvalue weighted by Gasteiger charge is 2.19. The number of fused-ring (bicyclic) bond motifs is 10. The van der Waals surface area contributed by atoms with E-state index >= 15 is 0 Å². The van der Waals surface area contributed by atoms with Crippen LogP contribution in [0.25, 0.3) is 120 Å². The molecule has 0 fully saturated rings. The molecule has 13 rings (SSSR count). The molecule has 0 bridgehead atoms. The van der Waals surface area contributed by atoms with Crippen molar-refractivity contribution in [2.75, 3.05) is 0 Å². The lowest BCUT2D eigenvalue weighted by atomic mass is 9.98. The van der Waals surface area contributed by atoms with Gasteiger partial charge in [-0.3, -0.25) is 4.57 Å². The van der Waals surface area contributed by atoms with Gasteiger partial charge in [-0.2, -0.15) is 0 Å². The predicted octanol–water partition coefficient (Wildman–Crippen LogP) is 15.2. The summed E-state index contributed by atoms with van der Waals surface area (Å²) in [5, 5.41) is 8.50. The predicted molar refractivity (Wildman–Crippen MR) is 257 cm³/mol. The van der Waals surface area contributed by atoms with E-state index in [1.54, 1.807) is 0 Å². The van der Waals surface area contributed by atoms with Crippen LogP contribution in [0.3, 0.4) is 0 Å². The molecular weight excluding hydrogens is 761 g/mol. The monoisotopic (exact) mass is 794 g/mol. The summed E-state index contributed by atoms with van der Waals surface area (Å²) < 4.78 is 7.23. The Morgan fingerprint density at radius 1 is 0.311 bits per heavy atom. The van der Waals surface area contributed by atoms with Crippen LogP contribution in [0.15, 0.2) is 206 Å². The summed E-state index contributed by atoms with van der Waals surface area (Å²) >= 11 is 1.86. The van der Waals surface area contributed by atoms with Gasteiger partial charge >= 0.3 is 0 Å². The quantitative estimate of drug-likeness (QED) is 0.174. The lowest BCUT2D eigenvalue weighted by Crippen LogP contribution is -2.03. The first kappa shape index (κ1) is 34.0. The minimum atomic E-state index is 0.652. The minimum absolute atomic E-state index is 0.652. The molecule has 5 heteroatoms. The van der Waals surface area contributed by atoms with Gasteiger partial charge in [0.05, 0.1) is 33.3 Å². The van der Waals surface area contributed by atoms with Crippen molar-refractivity contribution < 1.29 is 0 Å². The topological polar surface area (TPSA) is 35.6 Å². The van der Waals surface area contributed by atoms with Gasteiger partial charge < -0.3 is 4.57 Å². The Balaban J connectivity index is 0.902. The minimum Gasteiger partial charge on any atom is -0.309 e. The Hall–Kier alpha value is -7.86. The van der Waals surface area contributed by atoms with E-state index in [1.165, 1.54) is 75.0 Å². The van der Waals surface area contributed by atoms with Gasteiger partial charge in [-0.05, 0) is 89.0 Å². The van der Waals surface area contributed by atoms with Crippen LogP contribution in [-0.4, -0.2) is 19.1 Å². The molecule has 284 valence electrons. The molecule has 0 spiro atoms. The molecule has 4 aromatic heterocycles. The number of hydrogen-bond acceptors (Lipinski definition) is 3. The molecule has 0 radical (unpaired) electrons. The molecule has 13 aromatic rings. The SMILES string of the molecule is c1ccc2c(-c3ccc(-n4c5ccccc5c5ccccc54)cc3)nc(-n3c4ccccc4c4cc(-c5ccc(-c6ccc7sc8ccccc8c7c6)cc5)ccc43)nc2c1. The van der Waals surface area contributed by atoms with Crippen molar-refractivity contribution >= 4 is 86.0 Å². The second kappa shape index (κ2) is 13.3. The van der Waals surface area contributed by atoms with Crippen LogP contribution in [0, 0.1) is 0 Å². The van der Waals surface area contributed by atoms with Gasteiger partial charge in [0, 0.05) is 58.4 Å². The molecule has 0 aliphatic rings. The van der Waals surface area contributed by atoms with Gasteiger partial charge in [0.2, 0.25) is 5.95 Å². The van der Waals surface area contributed by atoms with Crippen LogP contribution in [0.4, 0.5) is 0 Å². The first-order chi connectivity index (χ1) is 30.2. The molecule has 61 heavy (non-hydrogen) atoms. The van der Waals surface area contributed by atoms with Gasteiger partial charge in [-0.25, -0.2) is 9.97 Å². The number of para-hydroxylation sites is 4. The maximum absolute atomic E-state index is 5.40. The molecule has 9 aromatic carbocycles. The number of thiophene rings is 1. The van der Waals surface area contributed by atoms with Gasteiger partial charge in [0.25, 0.3) is 0 Å². The summed E-state index contributed by atoms with van der Waals surface area (Å²) in [5.74, 6) is 0.652. The summed E-state index contributed by atoms with van der Waals surface area (Å²) in [5.41, 5.74) is 13.3. The molecule has 0 aliphatic heterocycles. The van der Waals surface area contributed by atoms with Crippen LogP contribution in [-0.2, 0) is 0 Å². The molecule has 4 nitrogen and oxygen atoms in total. The maximum Gasteiger partial charge on any atom is 0.235 e. The summed E-state index contributed by atoms with van der Waals surface area (Å²) in [6.07, 6.45) is 0. The third-order valence-corrected chi connectivity index (χ3v) is 13.5. The van der Waals surface area contributed by atoms with Gasteiger partial charge in [0.1, 0.15) is 0 Å². The first-order valence-corrected chi connectivity index (χ1v) is 21.5. The van der Waals surface area contributed by atoms with Crippen molar-refractivity contribution in [3.63, 3.8) is 0 Å². The summed E-state index contributed by atoms with van der Waals surface area (Å²) in [6, 6.07) is 74.3. The molecule has 0 aliphatic carbocycles. The fourth-order valence-corrected chi connectivity index (χ4v) is 10.6. The van der Waals surface area contributed by atoms with Crippen molar-refractivity contribution in [1.29, 1.82) is 0 Å². The largest absolute Gasteiger partial charge is 0.309 e. The van der Waals surface area contributed by atoms with Crippen LogP contribution in [0.1, 0.15) is 0 Å². The fourth-order valence-electron chi connectivity index (χ4n) is 9.48. The standard InChI is InChI=1S/C56H34N4S/c1-6-16-48-45(15-1)55(37-25-29-40(30-26-37)59-49-17-7-2-11-41(49)42-12-3-8-18-50(42)59)58-56(57-48)60-51-19-9-4-13-43(51)46-33-38(27-31-52(46)60)35-21-23-36(24-22-35)39-28-32-54-47(34-39)44-14-5-10-20-53(44)61-54/h1-34H. The first-order valence-electron chi connectivity index (χ1n) is 20.6. The average Bonchev–Trinajstić information content (AvgIpc) is 3.99. The summed E-state index contributed by atoms with van der Waals surface area (Å²) in [4.78, 5) is 10.6. The third kappa shape index (κ3) is 5.31. The third-order valence-electron chi connectivity index (χ3n) is 12.4. The van der Waals surface area contributed by atoms with E-state index in [0.29, 0.717) is 5.95 Å². The highest BCUT2D eigenvalue weighted by Crippen LogP contribution is 2.39. The van der Waals surface area contributed by atoms with Crippen molar-refractivity contribution in [2.45, 2.75) is 0 Å². The van der Waals surface area contributed by atoms with Crippen LogP contribution in [0.5, 0.6) is 0 Å². The van der Waals surface area contributed by atoms with Gasteiger partial charge in [-0.1, -0.05) is 140 Å². The zero-order chi connectivity index (χ0) is 40.0. The lowest BCUT2D eigenvalue weighted by molar-refractivity contribution is 1.01. The van der Waals surface area contributed by atoms with E-state index in [0.717, 1.165) is 38.9 Å². The Bertz CT molecular complexity index is 3820. The van der Waals surface area contributed by atoms with E-state index in [2.05, 4.69) is 215 Å². The number of rotatable bonds is 5. The van der Waals surface area contributed by atoms with Crippen LogP contribution >= 0.6 is 11.3 Å². The molecule has 0 N–H and O–H groups in total. The van der Waals surface area contributed by atoms with Crippen LogP contribution in [0.2, 0.25) is 0 Å². The maximum atomic E-state index is 5.40. The molecule has 4 heterocycles. The van der Waals surface area contributed by atoms with Gasteiger partial charge in [0.15, 0.2) is 0 Å². The van der Waals surface area contributed by atoms with E-state index in [1.807, 2.05) is 11.3 Å². The molecule has 0 saturated carbocycles. The van der Waals surface area contributed by atoms with E-state index in [9.17, 15) is 0 Å². The fraction of sp³-hybridized carbons (Fsp3) is 0. The lowest BCUT2D eigenvalue weighted by Gasteiger charge is -2.13. The highest BCUT2D eigenvalue weighted by atomic mass is 32.1. The van der Waals surface area contributed by atoms with E-state index in [-0.39, 0.29) is 0 Å². The Kier molecular flexibility index (Phi) is 7.44. The Labute approximate surface area is 354 Å². The second-order valence-electron chi connectivity index (χ2n) is 15.8. The Morgan fingerprint density at radius 2 is 0.787 bits per heavy atom. The zero-order valence-electron chi connectivity index (χ0n) is 32.8. The van der Waals surface area contributed by atoms with Crippen molar-refractivity contribution in [3.05, 3.63) is 206 Å². The summed E-state index contributed by atoms with van der Waals surface area (Å²) in [6.45, 7) is 0. The number of benzene rings is 9. The van der Waals surface area contributed by atoms with E-state index in [4.69, 9.17) is 9.97 Å². The number of nitrogens with zero attached hydrogens (tertiary/aromatic N) is 4. The zero-order valence-corrected chi connectivity index (χ0v) is 33.6. The van der Waals surface area contributed by atoms with Crippen molar-refractivity contribution in [1.82, 2.24) is 19.1 Å². The Morgan fingerprint density at radius 3 is 1.48 bits per heavy atom. The second-order valence-corrected chi connectivity index (χ2v) is 16.9. The molecule has 0 saturated heterocycles. The van der Waals surface area contributed by atoms with Crippen molar-refractivity contribution in [3.8, 4) is 45.1 Å². The number of hydrogen-bond donors (Lipinski definition) is 0. The van der Waals surface area contributed by atoms with E-state index < -0.39 is 0 Å². The smallest absolute Gasteiger partial charge is 0.235 e. The van der Waals surface area contributed by atoms with Crippen molar-refractivity contribution in [2.24, 2.45) is 0 Å².